The SMILES string of the molecule is Cc1cc[c]([Bi]([O]C(=O)C[CH2][Ge]([c]2ccccc2)([c]2ccccc2)[c]2ccccc2)([O]C(=O)C[CH2][Ge]([c]2ccccc2)([c]2ccccc2)[c]2ccccc2)([c]2ccc(C)cc2)[c]2ccc(C)cc2)cc1. The number of hydrogen-bond donors (Lipinski definition) is 0. The molecule has 0 aliphatic rings. The van der Waals surface area contributed by atoms with Gasteiger partial charge in [0.1, 0.15) is 0 Å². The van der Waals surface area contributed by atoms with Crippen molar-refractivity contribution in [1.29, 1.82) is 0 Å². The predicted octanol–water partition coefficient (Wildman–Crippen LogP) is 8.24. The second-order valence-electron chi connectivity index (χ2n) is 18.4. The number of aryl methyl sites for hydroxylation is 3. The predicted molar refractivity (Wildman–Crippen MR) is 297 cm³/mol. The monoisotopic (exact) mass is 1240 g/mol. The zero-order chi connectivity index (χ0) is 48.5. The third-order valence-corrected chi connectivity index (χ3v) is 53.6. The molecule has 9 aromatic carbocycles. The normalized spacial score (nSPS) is 12.3. The van der Waals surface area contributed by atoms with E-state index in [0.717, 1.165) is 26.5 Å². The van der Waals surface area contributed by atoms with Crippen LogP contribution in [0.2, 0.25) is 10.5 Å². The summed E-state index contributed by atoms with van der Waals surface area (Å²) in [6.45, 7) is 6.15. The van der Waals surface area contributed by atoms with E-state index >= 15 is 9.59 Å². The Labute approximate surface area is 421 Å². The van der Waals surface area contributed by atoms with E-state index in [1.807, 2.05) is 36.4 Å². The van der Waals surface area contributed by atoms with E-state index in [4.69, 9.17) is 5.63 Å². The van der Waals surface area contributed by atoms with Gasteiger partial charge in [-0.3, -0.25) is 0 Å². The fourth-order valence-corrected chi connectivity index (χ4v) is 48.2. The van der Waals surface area contributed by atoms with E-state index in [1.54, 1.807) is 0 Å². The Kier molecular flexibility index (Phi) is 15.0. The van der Waals surface area contributed by atoms with Gasteiger partial charge in [0, 0.05) is 0 Å². The molecule has 0 atom stereocenters. The molecular formula is C63H59BiGe2O4. The molecule has 70 heavy (non-hydrogen) atoms. The summed E-state index contributed by atoms with van der Waals surface area (Å²) in [5.41, 5.74) is 3.13. The third kappa shape index (κ3) is 9.44. The Morgan fingerprint density at radius 2 is 0.514 bits per heavy atom. The molecule has 7 heteroatoms. The second-order valence-corrected chi connectivity index (χ2v) is 50.2. The second kappa shape index (κ2) is 21.5. The minimum atomic E-state index is -6.59. The maximum atomic E-state index is 15.9. The van der Waals surface area contributed by atoms with Crippen molar-refractivity contribution in [3.63, 3.8) is 0 Å². The third-order valence-electron chi connectivity index (χ3n) is 14.1. The van der Waals surface area contributed by atoms with Crippen LogP contribution in [-0.2, 0) is 15.2 Å². The van der Waals surface area contributed by atoms with Gasteiger partial charge in [0.05, 0.1) is 0 Å². The molecule has 0 spiro atoms. The van der Waals surface area contributed by atoms with E-state index in [-0.39, 0.29) is 24.8 Å². The molecule has 4 nitrogen and oxygen atoms in total. The summed E-state index contributed by atoms with van der Waals surface area (Å²) in [7, 11) is 0. The van der Waals surface area contributed by atoms with Crippen LogP contribution >= 0.6 is 0 Å². The van der Waals surface area contributed by atoms with Crippen LogP contribution < -0.4 is 36.2 Å². The van der Waals surface area contributed by atoms with Crippen molar-refractivity contribution >= 4 is 94.3 Å². The van der Waals surface area contributed by atoms with Crippen LogP contribution in [0.4, 0.5) is 0 Å². The standard InChI is InChI=1S/2C21H20GeO2.3C7H7.Bi/c2*23-21(24)16-17-22(18-10-4-1-5-11-18,19-12-6-2-7-13-19)20-14-8-3-9-15-20;3*1-7-5-3-2-4-6-7;/h2*1-15H,16-17H2,(H,23,24);3*3-6H,1H3;/q;;;;;+2/p-2. The van der Waals surface area contributed by atoms with Gasteiger partial charge in [-0.25, -0.2) is 0 Å². The van der Waals surface area contributed by atoms with Crippen molar-refractivity contribution in [1.82, 2.24) is 0 Å². The Bertz CT molecular complexity index is 2680. The van der Waals surface area contributed by atoms with Crippen LogP contribution in [0.5, 0.6) is 0 Å². The molecule has 0 aromatic heterocycles. The first kappa shape index (κ1) is 48.9. The van der Waals surface area contributed by atoms with Gasteiger partial charge in [0.2, 0.25) is 0 Å². The number of carbonyl (C=O) groups excluding carboxylic acids is 2. The number of hydrogen-bond acceptors (Lipinski definition) is 4. The molecule has 0 N–H and O–H groups in total. The average Bonchev–Trinajstić information content (AvgIpc) is 3.41. The minimum absolute atomic E-state index is 0.110. The van der Waals surface area contributed by atoms with Crippen molar-refractivity contribution in [2.45, 2.75) is 44.1 Å². The fraction of sp³-hybridized carbons (Fsp3) is 0.111. The summed E-state index contributed by atoms with van der Waals surface area (Å²) in [6.07, 6.45) is 0.221. The molecule has 0 heterocycles. The summed E-state index contributed by atoms with van der Waals surface area (Å²) in [6, 6.07) is 88.9. The van der Waals surface area contributed by atoms with Gasteiger partial charge < -0.3 is 0 Å². The zero-order valence-corrected chi connectivity index (χ0v) is 47.8. The molecular weight excluding hydrogens is 1170 g/mol. The molecule has 9 aromatic rings. The van der Waals surface area contributed by atoms with E-state index in [2.05, 4.69) is 239 Å². The van der Waals surface area contributed by atoms with Crippen LogP contribution in [0.3, 0.4) is 0 Å². The average molecular weight is 1230 g/mol. The topological polar surface area (TPSA) is 52.6 Å². The number of rotatable bonds is 17. The molecule has 0 saturated carbocycles. The zero-order valence-electron chi connectivity index (χ0n) is 40.2. The van der Waals surface area contributed by atoms with Crippen LogP contribution in [0.1, 0.15) is 29.5 Å². The van der Waals surface area contributed by atoms with Crippen LogP contribution in [0.25, 0.3) is 0 Å². The molecule has 0 aliphatic heterocycles. The fourth-order valence-electron chi connectivity index (χ4n) is 10.5. The summed E-state index contributed by atoms with van der Waals surface area (Å²) in [4.78, 5) is 31.7. The molecule has 9 rings (SSSR count). The van der Waals surface area contributed by atoms with Gasteiger partial charge in [0.15, 0.2) is 0 Å². The maximum absolute atomic E-state index is 15.9. The molecule has 0 aliphatic carbocycles. The first-order chi connectivity index (χ1) is 34.2. The van der Waals surface area contributed by atoms with Gasteiger partial charge in [-0.05, 0) is 0 Å². The van der Waals surface area contributed by atoms with Crippen LogP contribution in [-0.4, -0.2) is 58.1 Å². The van der Waals surface area contributed by atoms with Crippen molar-refractivity contribution in [2.75, 3.05) is 0 Å². The van der Waals surface area contributed by atoms with Crippen molar-refractivity contribution in [3.05, 3.63) is 271 Å². The summed E-state index contributed by atoms with van der Waals surface area (Å²) < 4.78 is 25.0. The molecule has 0 radical (unpaired) electrons. The van der Waals surface area contributed by atoms with E-state index < -0.39 is 46.2 Å². The molecule has 0 amide bonds. The summed E-state index contributed by atoms with van der Waals surface area (Å²) >= 11 is -13.9. The van der Waals surface area contributed by atoms with E-state index in [0.29, 0.717) is 10.5 Å². The van der Waals surface area contributed by atoms with Crippen molar-refractivity contribution in [2.24, 2.45) is 0 Å². The van der Waals surface area contributed by atoms with E-state index in [1.165, 1.54) is 26.4 Å². The summed E-state index contributed by atoms with van der Waals surface area (Å²) in [5.74, 6) is -0.769. The Balaban J connectivity index is 1.23. The van der Waals surface area contributed by atoms with E-state index in [9.17, 15) is 0 Å². The molecule has 0 bridgehead atoms. The summed E-state index contributed by atoms with van der Waals surface area (Å²) in [5, 5.41) is 1.15. The molecule has 0 fully saturated rings. The van der Waals surface area contributed by atoms with Gasteiger partial charge >= 0.3 is 425 Å². The number of carbonyl (C=O) groups is 2. The first-order valence-electron chi connectivity index (χ1n) is 24.2. The van der Waals surface area contributed by atoms with Gasteiger partial charge in [-0.2, -0.15) is 0 Å². The molecule has 348 valence electrons. The van der Waals surface area contributed by atoms with Gasteiger partial charge in [-0.15, -0.1) is 0 Å². The number of benzene rings is 9. The van der Waals surface area contributed by atoms with Crippen molar-refractivity contribution in [3.8, 4) is 0 Å². The van der Waals surface area contributed by atoms with Crippen LogP contribution in [0.15, 0.2) is 255 Å². The van der Waals surface area contributed by atoms with Crippen LogP contribution in [0, 0.1) is 20.8 Å². The Morgan fingerprint density at radius 3 is 0.714 bits per heavy atom. The van der Waals surface area contributed by atoms with Gasteiger partial charge in [0.25, 0.3) is 0 Å². The van der Waals surface area contributed by atoms with Gasteiger partial charge in [-0.1, -0.05) is 0 Å². The first-order valence-corrected chi connectivity index (χ1v) is 41.5. The van der Waals surface area contributed by atoms with Crippen molar-refractivity contribution < 1.29 is 15.2 Å². The molecule has 0 saturated heterocycles. The molecule has 0 unspecified atom stereocenters. The Hall–Kier alpha value is -6.11. The quantitative estimate of drug-likeness (QED) is 0.0864. The Morgan fingerprint density at radius 1 is 0.314 bits per heavy atom.